The van der Waals surface area contributed by atoms with Crippen LogP contribution in [0.3, 0.4) is 0 Å². The Morgan fingerprint density at radius 1 is 1.20 bits per heavy atom. The first-order chi connectivity index (χ1) is 14.3. The zero-order valence-corrected chi connectivity index (χ0v) is 16.6. The molecule has 1 fully saturated rings. The average Bonchev–Trinajstić information content (AvgIpc) is 3.05. The van der Waals surface area contributed by atoms with Crippen LogP contribution in [-0.4, -0.2) is 30.5 Å². The van der Waals surface area contributed by atoms with Gasteiger partial charge in [0, 0.05) is 31.1 Å². The van der Waals surface area contributed by atoms with Crippen molar-refractivity contribution in [2.75, 3.05) is 13.7 Å². The summed E-state index contributed by atoms with van der Waals surface area (Å²) < 4.78 is 57.5. The smallest absolute Gasteiger partial charge is 0.416 e. The van der Waals surface area contributed by atoms with Crippen LogP contribution in [0.5, 0.6) is 5.75 Å². The van der Waals surface area contributed by atoms with Gasteiger partial charge in [-0.05, 0) is 49.2 Å². The molecule has 1 aliphatic heterocycles. The predicted octanol–water partition coefficient (Wildman–Crippen LogP) is 4.52. The van der Waals surface area contributed by atoms with Gasteiger partial charge in [0.15, 0.2) is 0 Å². The summed E-state index contributed by atoms with van der Waals surface area (Å²) in [4.78, 5) is 13.8. The Balaban J connectivity index is 1.55. The topological polar surface area (TPSA) is 41.6 Å². The highest BCUT2D eigenvalue weighted by Gasteiger charge is 2.33. The van der Waals surface area contributed by atoms with Gasteiger partial charge in [0.05, 0.1) is 12.7 Å². The average molecular weight is 424 g/mol. The number of methoxy groups -OCH3 is 1. The molecule has 1 saturated heterocycles. The van der Waals surface area contributed by atoms with Crippen molar-refractivity contribution in [3.8, 4) is 5.75 Å². The van der Waals surface area contributed by atoms with Crippen LogP contribution in [0.4, 0.5) is 17.6 Å². The van der Waals surface area contributed by atoms with Crippen molar-refractivity contribution in [2.24, 2.45) is 0 Å². The fourth-order valence-electron chi connectivity index (χ4n) is 3.63. The molecule has 1 atom stereocenters. The zero-order valence-electron chi connectivity index (χ0n) is 16.6. The molecular weight excluding hydrogens is 400 g/mol. The summed E-state index contributed by atoms with van der Waals surface area (Å²) >= 11 is 0. The lowest BCUT2D eigenvalue weighted by Crippen LogP contribution is -2.35. The lowest BCUT2D eigenvalue weighted by molar-refractivity contribution is -0.138. The van der Waals surface area contributed by atoms with Crippen LogP contribution < -0.4 is 10.1 Å². The molecule has 8 heteroatoms. The lowest BCUT2D eigenvalue weighted by atomic mass is 10.1. The fourth-order valence-corrected chi connectivity index (χ4v) is 3.63. The highest BCUT2D eigenvalue weighted by Crippen LogP contribution is 2.31. The van der Waals surface area contributed by atoms with Crippen molar-refractivity contribution in [2.45, 2.75) is 44.6 Å². The largest absolute Gasteiger partial charge is 0.497 e. The second kappa shape index (κ2) is 9.47. The summed E-state index contributed by atoms with van der Waals surface area (Å²) in [6, 6.07) is 10.1. The number of amides is 1. The molecule has 1 heterocycles. The van der Waals surface area contributed by atoms with E-state index in [1.54, 1.807) is 12.0 Å². The van der Waals surface area contributed by atoms with Gasteiger partial charge in [-0.25, -0.2) is 4.39 Å². The van der Waals surface area contributed by atoms with Gasteiger partial charge in [0.25, 0.3) is 0 Å². The molecule has 162 valence electrons. The van der Waals surface area contributed by atoms with E-state index in [1.807, 2.05) is 24.3 Å². The number of halogens is 4. The van der Waals surface area contributed by atoms with Crippen LogP contribution in [0.1, 0.15) is 36.0 Å². The Morgan fingerprint density at radius 2 is 2.00 bits per heavy atom. The van der Waals surface area contributed by atoms with Crippen molar-refractivity contribution in [1.82, 2.24) is 10.2 Å². The number of likely N-dealkylation sites (tertiary alicyclic amines) is 1. The highest BCUT2D eigenvalue weighted by atomic mass is 19.4. The Bertz CT molecular complexity index is 886. The van der Waals surface area contributed by atoms with E-state index >= 15 is 0 Å². The third-order valence-electron chi connectivity index (χ3n) is 5.29. The van der Waals surface area contributed by atoms with Crippen molar-refractivity contribution in [1.29, 1.82) is 0 Å². The lowest BCUT2D eigenvalue weighted by Gasteiger charge is -2.25. The summed E-state index contributed by atoms with van der Waals surface area (Å²) in [5.74, 6) is -0.271. The number of benzene rings is 2. The van der Waals surface area contributed by atoms with Crippen LogP contribution in [-0.2, 0) is 24.1 Å². The third kappa shape index (κ3) is 5.50. The van der Waals surface area contributed by atoms with Gasteiger partial charge in [-0.3, -0.25) is 4.79 Å². The van der Waals surface area contributed by atoms with Gasteiger partial charge >= 0.3 is 6.18 Å². The van der Waals surface area contributed by atoms with Crippen LogP contribution in [0.2, 0.25) is 0 Å². The van der Waals surface area contributed by atoms with Gasteiger partial charge in [0.2, 0.25) is 5.91 Å². The maximum Gasteiger partial charge on any atom is 0.416 e. The first kappa shape index (κ1) is 22.1. The monoisotopic (exact) mass is 424 g/mol. The molecule has 0 bridgehead atoms. The van der Waals surface area contributed by atoms with E-state index in [1.165, 1.54) is 0 Å². The van der Waals surface area contributed by atoms with Gasteiger partial charge in [-0.15, -0.1) is 0 Å². The van der Waals surface area contributed by atoms with E-state index in [-0.39, 0.29) is 24.1 Å². The second-order valence-electron chi connectivity index (χ2n) is 7.34. The summed E-state index contributed by atoms with van der Waals surface area (Å²) in [5.41, 5.74) is 0.128. The van der Waals surface area contributed by atoms with E-state index in [9.17, 15) is 22.4 Å². The third-order valence-corrected chi connectivity index (χ3v) is 5.29. The van der Waals surface area contributed by atoms with Crippen molar-refractivity contribution in [3.05, 3.63) is 65.0 Å². The van der Waals surface area contributed by atoms with E-state index in [4.69, 9.17) is 4.74 Å². The maximum atomic E-state index is 14.2. The Kier molecular flexibility index (Phi) is 6.97. The Labute approximate surface area is 172 Å². The van der Waals surface area contributed by atoms with Crippen molar-refractivity contribution < 1.29 is 27.1 Å². The maximum absolute atomic E-state index is 14.2. The molecule has 4 nitrogen and oxygen atoms in total. The van der Waals surface area contributed by atoms with Gasteiger partial charge < -0.3 is 15.0 Å². The van der Waals surface area contributed by atoms with Gasteiger partial charge in [0.1, 0.15) is 11.6 Å². The summed E-state index contributed by atoms with van der Waals surface area (Å²) in [5, 5.41) is 3.32. The molecule has 0 spiro atoms. The van der Waals surface area contributed by atoms with Gasteiger partial charge in [-0.2, -0.15) is 13.2 Å². The molecule has 1 amide bonds. The molecule has 0 aliphatic carbocycles. The van der Waals surface area contributed by atoms with Crippen LogP contribution >= 0.6 is 0 Å². The molecule has 0 aromatic heterocycles. The number of alkyl halides is 3. The zero-order chi connectivity index (χ0) is 21.7. The van der Waals surface area contributed by atoms with Crippen molar-refractivity contribution in [3.63, 3.8) is 0 Å². The quantitative estimate of drug-likeness (QED) is 0.500. The van der Waals surface area contributed by atoms with Crippen LogP contribution in [0, 0.1) is 5.82 Å². The second-order valence-corrected chi connectivity index (χ2v) is 7.34. The minimum atomic E-state index is -4.60. The number of hydrogen-bond acceptors (Lipinski definition) is 3. The number of ether oxygens (including phenoxy) is 1. The Hall–Kier alpha value is -2.61. The number of nitrogens with one attached hydrogen (secondary N) is 1. The molecule has 3 rings (SSSR count). The van der Waals surface area contributed by atoms with Crippen LogP contribution in [0.15, 0.2) is 42.5 Å². The number of carbonyl (C=O) groups excluding carboxylic acids is 1. The number of carbonyl (C=O) groups is 1. The number of hydrogen-bond donors (Lipinski definition) is 1. The van der Waals surface area contributed by atoms with Gasteiger partial charge in [-0.1, -0.05) is 18.2 Å². The Morgan fingerprint density at radius 3 is 2.70 bits per heavy atom. The molecule has 1 aliphatic rings. The van der Waals surface area contributed by atoms with E-state index < -0.39 is 17.6 Å². The summed E-state index contributed by atoms with van der Waals surface area (Å²) in [6.45, 7) is 1.27. The molecule has 2 aromatic rings. The SMILES string of the molecule is COc1cccc(CNCC[C@@H]2CCC(=O)N2Cc2ccc(C(F)(F)F)cc2F)c1. The molecule has 2 aromatic carbocycles. The highest BCUT2D eigenvalue weighted by molar-refractivity contribution is 5.78. The van der Waals surface area contributed by atoms with E-state index in [2.05, 4.69) is 5.32 Å². The fraction of sp³-hybridized carbons (Fsp3) is 0.409. The minimum absolute atomic E-state index is 0.0244. The molecule has 0 saturated carbocycles. The first-order valence-corrected chi connectivity index (χ1v) is 9.76. The van der Waals surface area contributed by atoms with Crippen molar-refractivity contribution >= 4 is 5.91 Å². The molecular formula is C22H24F4N2O2. The number of rotatable bonds is 8. The predicted molar refractivity (Wildman–Crippen MR) is 104 cm³/mol. The van der Waals surface area contributed by atoms with E-state index in [0.29, 0.717) is 38.4 Å². The molecule has 30 heavy (non-hydrogen) atoms. The molecule has 0 unspecified atom stereocenters. The normalized spacial score (nSPS) is 16.9. The first-order valence-electron chi connectivity index (χ1n) is 9.76. The molecule has 0 radical (unpaired) electrons. The van der Waals surface area contributed by atoms with Crippen LogP contribution in [0.25, 0.3) is 0 Å². The minimum Gasteiger partial charge on any atom is -0.497 e. The number of nitrogens with zero attached hydrogens (tertiary/aromatic N) is 1. The summed E-state index contributed by atoms with van der Waals surface area (Å²) in [7, 11) is 1.61. The summed E-state index contributed by atoms with van der Waals surface area (Å²) in [6.07, 6.45) is -2.90. The molecule has 1 N–H and O–H groups in total. The standard InChI is InChI=1S/C22H24F4N2O2/c1-30-19-4-2-3-15(11-19)13-27-10-9-18-7-8-21(29)28(18)14-16-5-6-17(12-20(16)23)22(24,25)26/h2-6,11-12,18,27H,7-10,13-14H2,1H3/t18-/m0/s1. The van der Waals surface area contributed by atoms with E-state index in [0.717, 1.165) is 23.4 Å².